The zero-order chi connectivity index (χ0) is 11.5. The molecule has 0 spiro atoms. The average molecular weight is 234 g/mol. The minimum Gasteiger partial charge on any atom is -0.332 e. The van der Waals surface area contributed by atoms with Gasteiger partial charge in [0.05, 0.1) is 12.0 Å². The van der Waals surface area contributed by atoms with Crippen LogP contribution >= 0.6 is 0 Å². The second-order valence-electron chi connectivity index (χ2n) is 5.21. The molecule has 0 aromatic carbocycles. The maximum Gasteiger partial charge on any atom is 0.0949 e. The van der Waals surface area contributed by atoms with E-state index in [0.717, 1.165) is 13.1 Å². The first-order chi connectivity index (χ1) is 8.43. The summed E-state index contributed by atoms with van der Waals surface area (Å²) in [6.45, 7) is 5.99. The van der Waals surface area contributed by atoms with E-state index in [2.05, 4.69) is 19.8 Å². The third-order valence-electron chi connectivity index (χ3n) is 4.02. The molecular weight excluding hydrogens is 212 g/mol. The lowest BCUT2D eigenvalue weighted by Crippen LogP contribution is -2.25. The zero-order valence-electron chi connectivity index (χ0n) is 10.4. The summed E-state index contributed by atoms with van der Waals surface area (Å²) >= 11 is 0. The number of nitrogens with zero attached hydrogens (tertiary/aromatic N) is 3. The second-order valence-corrected chi connectivity index (χ2v) is 5.21. The maximum atomic E-state index is 4.32. The van der Waals surface area contributed by atoms with E-state index in [4.69, 9.17) is 0 Å². The fourth-order valence-corrected chi connectivity index (χ4v) is 3.00. The molecule has 1 aromatic heterocycles. The highest BCUT2D eigenvalue weighted by Crippen LogP contribution is 2.22. The van der Waals surface area contributed by atoms with Gasteiger partial charge in [0.15, 0.2) is 0 Å². The van der Waals surface area contributed by atoms with E-state index in [-0.39, 0.29) is 0 Å². The lowest BCUT2D eigenvalue weighted by Gasteiger charge is -2.18. The Morgan fingerprint density at radius 3 is 2.88 bits per heavy atom. The predicted molar refractivity (Wildman–Crippen MR) is 67.9 cm³/mol. The van der Waals surface area contributed by atoms with E-state index in [0.29, 0.717) is 6.04 Å². The van der Waals surface area contributed by atoms with Crippen molar-refractivity contribution in [3.05, 3.63) is 18.2 Å². The minimum absolute atomic E-state index is 0.538. The van der Waals surface area contributed by atoms with Crippen molar-refractivity contribution in [2.75, 3.05) is 26.2 Å². The summed E-state index contributed by atoms with van der Waals surface area (Å²) in [5, 5.41) is 3.55. The van der Waals surface area contributed by atoms with Gasteiger partial charge in [-0.05, 0) is 45.3 Å². The SMILES string of the molecule is c1ncn(CCN2CCCC2)c1[C@@H]1CCCN1. The van der Waals surface area contributed by atoms with Crippen molar-refractivity contribution in [2.24, 2.45) is 0 Å². The molecule has 4 nitrogen and oxygen atoms in total. The van der Waals surface area contributed by atoms with E-state index >= 15 is 0 Å². The number of hydrogen-bond donors (Lipinski definition) is 1. The van der Waals surface area contributed by atoms with Crippen LogP contribution in [0.15, 0.2) is 12.5 Å². The van der Waals surface area contributed by atoms with Crippen LogP contribution < -0.4 is 5.32 Å². The minimum atomic E-state index is 0.538. The maximum absolute atomic E-state index is 4.32. The highest BCUT2D eigenvalue weighted by atomic mass is 15.2. The second kappa shape index (κ2) is 5.19. The van der Waals surface area contributed by atoms with Crippen molar-refractivity contribution in [3.8, 4) is 0 Å². The first-order valence-electron chi connectivity index (χ1n) is 6.89. The lowest BCUT2D eigenvalue weighted by molar-refractivity contribution is 0.319. The smallest absolute Gasteiger partial charge is 0.0949 e. The Balaban J connectivity index is 1.60. The fourth-order valence-electron chi connectivity index (χ4n) is 3.00. The third kappa shape index (κ3) is 2.53. The van der Waals surface area contributed by atoms with E-state index in [1.165, 1.54) is 51.0 Å². The molecule has 0 unspecified atom stereocenters. The highest BCUT2D eigenvalue weighted by molar-refractivity contribution is 5.07. The summed E-state index contributed by atoms with van der Waals surface area (Å²) in [5.74, 6) is 0. The van der Waals surface area contributed by atoms with Crippen LogP contribution in [0.5, 0.6) is 0 Å². The number of rotatable bonds is 4. The Morgan fingerprint density at radius 1 is 1.24 bits per heavy atom. The molecule has 2 saturated heterocycles. The molecule has 0 amide bonds. The molecule has 3 rings (SSSR count). The van der Waals surface area contributed by atoms with Gasteiger partial charge in [-0.3, -0.25) is 0 Å². The van der Waals surface area contributed by atoms with Crippen molar-refractivity contribution in [3.63, 3.8) is 0 Å². The predicted octanol–water partition coefficient (Wildman–Crippen LogP) is 1.40. The van der Waals surface area contributed by atoms with Crippen molar-refractivity contribution in [2.45, 2.75) is 38.3 Å². The molecule has 1 atom stereocenters. The molecule has 1 aromatic rings. The summed E-state index contributed by atoms with van der Waals surface area (Å²) in [5.41, 5.74) is 1.38. The van der Waals surface area contributed by atoms with E-state index in [1.807, 2.05) is 12.5 Å². The molecule has 3 heterocycles. The van der Waals surface area contributed by atoms with Crippen molar-refractivity contribution in [1.29, 1.82) is 0 Å². The first-order valence-corrected chi connectivity index (χ1v) is 6.89. The number of hydrogen-bond acceptors (Lipinski definition) is 3. The van der Waals surface area contributed by atoms with Gasteiger partial charge in [0, 0.05) is 25.3 Å². The number of aromatic nitrogens is 2. The molecule has 94 valence electrons. The molecule has 2 fully saturated rings. The van der Waals surface area contributed by atoms with Crippen LogP contribution in [0.1, 0.15) is 37.4 Å². The van der Waals surface area contributed by atoms with Gasteiger partial charge in [0.1, 0.15) is 0 Å². The van der Waals surface area contributed by atoms with Crippen molar-refractivity contribution >= 4 is 0 Å². The number of nitrogens with one attached hydrogen (secondary N) is 1. The Hall–Kier alpha value is -0.870. The molecule has 2 aliphatic rings. The van der Waals surface area contributed by atoms with Crippen LogP contribution in [-0.4, -0.2) is 40.6 Å². The van der Waals surface area contributed by atoms with E-state index < -0.39 is 0 Å². The van der Waals surface area contributed by atoms with Crippen LogP contribution in [0.4, 0.5) is 0 Å². The van der Waals surface area contributed by atoms with Gasteiger partial charge in [-0.15, -0.1) is 0 Å². The molecule has 0 saturated carbocycles. The van der Waals surface area contributed by atoms with Crippen molar-refractivity contribution in [1.82, 2.24) is 19.8 Å². The van der Waals surface area contributed by atoms with E-state index in [9.17, 15) is 0 Å². The van der Waals surface area contributed by atoms with Gasteiger partial charge < -0.3 is 14.8 Å². The fraction of sp³-hybridized carbons (Fsp3) is 0.769. The molecule has 2 aliphatic heterocycles. The van der Waals surface area contributed by atoms with Crippen LogP contribution in [-0.2, 0) is 6.54 Å². The Bertz CT molecular complexity index is 348. The standard InChI is InChI=1S/C13H22N4/c1-2-7-16(6-1)8-9-17-11-14-10-13(17)12-4-3-5-15-12/h10-12,15H,1-9H2/t12-/m0/s1. The summed E-state index contributed by atoms with van der Waals surface area (Å²) in [6, 6.07) is 0.538. The molecule has 4 heteroatoms. The quantitative estimate of drug-likeness (QED) is 0.855. The van der Waals surface area contributed by atoms with Crippen LogP contribution in [0.3, 0.4) is 0 Å². The van der Waals surface area contributed by atoms with Gasteiger partial charge in [-0.25, -0.2) is 4.98 Å². The Labute approximate surface area is 103 Å². The summed E-state index contributed by atoms with van der Waals surface area (Å²) < 4.78 is 2.33. The molecular formula is C13H22N4. The monoisotopic (exact) mass is 234 g/mol. The van der Waals surface area contributed by atoms with Crippen molar-refractivity contribution < 1.29 is 0 Å². The van der Waals surface area contributed by atoms with Gasteiger partial charge >= 0.3 is 0 Å². The lowest BCUT2D eigenvalue weighted by atomic mass is 10.2. The molecule has 0 radical (unpaired) electrons. The number of imidazole rings is 1. The van der Waals surface area contributed by atoms with Gasteiger partial charge in [0.2, 0.25) is 0 Å². The van der Waals surface area contributed by atoms with Crippen LogP contribution in [0, 0.1) is 0 Å². The molecule has 1 N–H and O–H groups in total. The zero-order valence-corrected chi connectivity index (χ0v) is 10.4. The van der Waals surface area contributed by atoms with Gasteiger partial charge in [-0.2, -0.15) is 0 Å². The summed E-state index contributed by atoms with van der Waals surface area (Å²) in [6.07, 6.45) is 9.33. The van der Waals surface area contributed by atoms with Crippen LogP contribution in [0.2, 0.25) is 0 Å². The highest BCUT2D eigenvalue weighted by Gasteiger charge is 2.20. The first kappa shape index (κ1) is 11.2. The third-order valence-corrected chi connectivity index (χ3v) is 4.02. The Kier molecular flexibility index (Phi) is 3.43. The molecule has 0 aliphatic carbocycles. The summed E-state index contributed by atoms with van der Waals surface area (Å²) in [7, 11) is 0. The van der Waals surface area contributed by atoms with Crippen LogP contribution in [0.25, 0.3) is 0 Å². The van der Waals surface area contributed by atoms with Gasteiger partial charge in [-0.1, -0.05) is 0 Å². The average Bonchev–Trinajstić information content (AvgIpc) is 3.09. The normalized spacial score (nSPS) is 25.8. The van der Waals surface area contributed by atoms with Gasteiger partial charge in [0.25, 0.3) is 0 Å². The topological polar surface area (TPSA) is 33.1 Å². The Morgan fingerprint density at radius 2 is 2.12 bits per heavy atom. The summed E-state index contributed by atoms with van der Waals surface area (Å²) in [4.78, 5) is 6.88. The molecule has 17 heavy (non-hydrogen) atoms. The number of likely N-dealkylation sites (tertiary alicyclic amines) is 1. The van der Waals surface area contributed by atoms with E-state index in [1.54, 1.807) is 0 Å². The molecule has 0 bridgehead atoms. The largest absolute Gasteiger partial charge is 0.332 e.